The van der Waals surface area contributed by atoms with Gasteiger partial charge in [0.15, 0.2) is 11.6 Å². The third kappa shape index (κ3) is 2.04. The van der Waals surface area contributed by atoms with Crippen LogP contribution in [0.5, 0.6) is 5.75 Å². The molecule has 0 aliphatic heterocycles. The molecule has 0 bridgehead atoms. The molecule has 0 amide bonds. The van der Waals surface area contributed by atoms with Crippen molar-refractivity contribution in [3.05, 3.63) is 29.6 Å². The third-order valence-corrected chi connectivity index (χ3v) is 2.29. The van der Waals surface area contributed by atoms with Crippen molar-refractivity contribution in [1.82, 2.24) is 0 Å². The molecule has 0 unspecified atom stereocenters. The monoisotopic (exact) mass is 197 g/mol. The molecule has 78 valence electrons. The Morgan fingerprint density at radius 3 is 2.43 bits per heavy atom. The van der Waals surface area contributed by atoms with Gasteiger partial charge in [0.2, 0.25) is 0 Å². The highest BCUT2D eigenvalue weighted by Gasteiger charge is 2.25. The number of nitrogens with two attached hydrogens (primary N) is 1. The minimum absolute atomic E-state index is 0.203. The van der Waals surface area contributed by atoms with E-state index in [0.717, 1.165) is 0 Å². The first-order chi connectivity index (χ1) is 6.34. The molecule has 0 aliphatic rings. The molecule has 0 fully saturated rings. The maximum atomic E-state index is 13.0. The van der Waals surface area contributed by atoms with Gasteiger partial charge in [0.25, 0.3) is 0 Å². The predicted octanol–water partition coefficient (Wildman–Crippen LogP) is 2.58. The maximum absolute atomic E-state index is 13.0. The fourth-order valence-corrected chi connectivity index (χ4v) is 1.25. The number of halogens is 1. The number of benzene rings is 1. The molecule has 1 aromatic carbocycles. The van der Waals surface area contributed by atoms with Crippen molar-refractivity contribution in [2.75, 3.05) is 0 Å². The second-order valence-corrected chi connectivity index (χ2v) is 4.52. The van der Waals surface area contributed by atoms with E-state index in [4.69, 9.17) is 5.73 Å². The second kappa shape index (κ2) is 3.58. The lowest BCUT2D eigenvalue weighted by molar-refractivity contribution is 0.314. The molecule has 1 atom stereocenters. The lowest BCUT2D eigenvalue weighted by atomic mass is 9.83. The quantitative estimate of drug-likeness (QED) is 0.726. The summed E-state index contributed by atoms with van der Waals surface area (Å²) in [6, 6.07) is 4.04. The van der Waals surface area contributed by atoms with Gasteiger partial charge in [0.05, 0.1) is 0 Å². The largest absolute Gasteiger partial charge is 0.505 e. The van der Waals surface area contributed by atoms with Crippen molar-refractivity contribution in [2.45, 2.75) is 26.8 Å². The minimum Gasteiger partial charge on any atom is -0.505 e. The number of rotatable bonds is 1. The Kier molecular flexibility index (Phi) is 2.81. The summed E-state index contributed by atoms with van der Waals surface area (Å²) in [5.74, 6) is -0.961. The highest BCUT2D eigenvalue weighted by molar-refractivity contribution is 5.36. The molecule has 1 aromatic rings. The van der Waals surface area contributed by atoms with E-state index in [-0.39, 0.29) is 17.2 Å². The second-order valence-electron chi connectivity index (χ2n) is 4.52. The number of phenols is 1. The number of aromatic hydroxyl groups is 1. The number of phenolic OH excluding ortho intramolecular Hbond substituents is 1. The zero-order chi connectivity index (χ0) is 10.9. The molecule has 3 heteroatoms. The van der Waals surface area contributed by atoms with Crippen LogP contribution in [0.2, 0.25) is 0 Å². The summed E-state index contributed by atoms with van der Waals surface area (Å²) >= 11 is 0. The Labute approximate surface area is 83.6 Å². The zero-order valence-electron chi connectivity index (χ0n) is 8.71. The van der Waals surface area contributed by atoms with Crippen LogP contribution in [0.15, 0.2) is 18.2 Å². The molecule has 14 heavy (non-hydrogen) atoms. The van der Waals surface area contributed by atoms with Crippen molar-refractivity contribution in [2.24, 2.45) is 11.1 Å². The fraction of sp³-hybridized carbons (Fsp3) is 0.455. The van der Waals surface area contributed by atoms with Crippen molar-refractivity contribution in [1.29, 1.82) is 0 Å². The van der Waals surface area contributed by atoms with Crippen LogP contribution < -0.4 is 5.73 Å². The Hall–Kier alpha value is -1.09. The zero-order valence-corrected chi connectivity index (χ0v) is 8.71. The Balaban J connectivity index is 3.14. The van der Waals surface area contributed by atoms with Gasteiger partial charge in [0, 0.05) is 11.6 Å². The van der Waals surface area contributed by atoms with E-state index >= 15 is 0 Å². The molecule has 0 saturated carbocycles. The molecule has 0 aliphatic carbocycles. The topological polar surface area (TPSA) is 46.2 Å². The smallest absolute Gasteiger partial charge is 0.165 e. The van der Waals surface area contributed by atoms with Crippen molar-refractivity contribution in [3.63, 3.8) is 0 Å². The summed E-state index contributed by atoms with van der Waals surface area (Å²) < 4.78 is 13.0. The fourth-order valence-electron chi connectivity index (χ4n) is 1.25. The molecule has 0 saturated heterocycles. The van der Waals surface area contributed by atoms with E-state index in [0.29, 0.717) is 5.56 Å². The summed E-state index contributed by atoms with van der Waals surface area (Å²) in [6.07, 6.45) is 0. The van der Waals surface area contributed by atoms with Gasteiger partial charge >= 0.3 is 0 Å². The molecular formula is C11H16FNO. The van der Waals surface area contributed by atoms with E-state index in [9.17, 15) is 9.50 Å². The van der Waals surface area contributed by atoms with Gasteiger partial charge in [-0.25, -0.2) is 4.39 Å². The van der Waals surface area contributed by atoms with Crippen molar-refractivity contribution in [3.8, 4) is 5.75 Å². The van der Waals surface area contributed by atoms with Crippen LogP contribution in [0.1, 0.15) is 32.4 Å². The lowest BCUT2D eigenvalue weighted by Gasteiger charge is -2.27. The Morgan fingerprint density at radius 2 is 1.93 bits per heavy atom. The van der Waals surface area contributed by atoms with Gasteiger partial charge in [-0.2, -0.15) is 0 Å². The molecule has 3 N–H and O–H groups in total. The van der Waals surface area contributed by atoms with Crippen LogP contribution in [-0.4, -0.2) is 5.11 Å². The molecular weight excluding hydrogens is 181 g/mol. The van der Waals surface area contributed by atoms with Crippen molar-refractivity contribution >= 4 is 0 Å². The van der Waals surface area contributed by atoms with Gasteiger partial charge in [-0.3, -0.25) is 0 Å². The lowest BCUT2D eigenvalue weighted by Crippen LogP contribution is -2.26. The van der Waals surface area contributed by atoms with E-state index in [1.807, 2.05) is 20.8 Å². The van der Waals surface area contributed by atoms with Gasteiger partial charge in [-0.05, 0) is 11.5 Å². The van der Waals surface area contributed by atoms with E-state index in [1.54, 1.807) is 12.1 Å². The van der Waals surface area contributed by atoms with Crippen LogP contribution in [0.25, 0.3) is 0 Å². The predicted molar refractivity (Wildman–Crippen MR) is 54.4 cm³/mol. The highest BCUT2D eigenvalue weighted by Crippen LogP contribution is 2.35. The summed E-state index contributed by atoms with van der Waals surface area (Å²) in [6.45, 7) is 5.84. The van der Waals surface area contributed by atoms with Crippen LogP contribution >= 0.6 is 0 Å². The summed E-state index contributed by atoms with van der Waals surface area (Å²) in [7, 11) is 0. The van der Waals surface area contributed by atoms with Crippen LogP contribution in [0, 0.1) is 11.2 Å². The number of hydrogen-bond donors (Lipinski definition) is 2. The van der Waals surface area contributed by atoms with Crippen LogP contribution in [0.3, 0.4) is 0 Å². The first-order valence-corrected chi connectivity index (χ1v) is 4.57. The van der Waals surface area contributed by atoms with Crippen LogP contribution in [-0.2, 0) is 0 Å². The summed E-state index contributed by atoms with van der Waals surface area (Å²) in [4.78, 5) is 0. The van der Waals surface area contributed by atoms with Gasteiger partial charge in [-0.1, -0.05) is 32.9 Å². The van der Waals surface area contributed by atoms with E-state index in [2.05, 4.69) is 0 Å². The minimum atomic E-state index is -0.623. The van der Waals surface area contributed by atoms with E-state index in [1.165, 1.54) is 6.07 Å². The van der Waals surface area contributed by atoms with Crippen LogP contribution in [0.4, 0.5) is 4.39 Å². The standard InChI is InChI=1S/C11H16FNO/c1-11(2,3)10(13)7-5-4-6-8(12)9(7)14/h4-6,10,14H,13H2,1-3H3/t10-/m0/s1. The third-order valence-electron chi connectivity index (χ3n) is 2.29. The first kappa shape index (κ1) is 11.0. The Bertz CT molecular complexity index is 331. The van der Waals surface area contributed by atoms with E-state index < -0.39 is 5.82 Å². The number of para-hydroxylation sites is 1. The molecule has 2 nitrogen and oxygen atoms in total. The van der Waals surface area contributed by atoms with Gasteiger partial charge in [-0.15, -0.1) is 0 Å². The maximum Gasteiger partial charge on any atom is 0.165 e. The first-order valence-electron chi connectivity index (χ1n) is 4.57. The average molecular weight is 197 g/mol. The average Bonchev–Trinajstić information content (AvgIpc) is 2.07. The molecule has 0 spiro atoms. The van der Waals surface area contributed by atoms with Gasteiger partial charge in [0.1, 0.15) is 0 Å². The SMILES string of the molecule is CC(C)(C)[C@@H](N)c1cccc(F)c1O. The molecule has 0 heterocycles. The molecule has 0 radical (unpaired) electrons. The van der Waals surface area contributed by atoms with Gasteiger partial charge < -0.3 is 10.8 Å². The molecule has 1 rings (SSSR count). The highest BCUT2D eigenvalue weighted by atomic mass is 19.1. The number of hydrogen-bond acceptors (Lipinski definition) is 2. The summed E-state index contributed by atoms with van der Waals surface area (Å²) in [5, 5.41) is 9.48. The summed E-state index contributed by atoms with van der Waals surface area (Å²) in [5.41, 5.74) is 6.17. The molecule has 0 aromatic heterocycles. The van der Waals surface area contributed by atoms with Crippen molar-refractivity contribution < 1.29 is 9.50 Å². The normalized spacial score (nSPS) is 14.1. The Morgan fingerprint density at radius 1 is 1.36 bits per heavy atom.